The number of hydrogen-bond acceptors (Lipinski definition) is 3. The van der Waals surface area contributed by atoms with Crippen molar-refractivity contribution in [3.05, 3.63) is 24.0 Å². The van der Waals surface area contributed by atoms with Gasteiger partial charge < -0.3 is 15.7 Å². The fourth-order valence-electron chi connectivity index (χ4n) is 1.88. The van der Waals surface area contributed by atoms with Crippen LogP contribution in [0, 0.1) is 5.92 Å². The molecule has 0 aliphatic heterocycles. The molecule has 6 heteroatoms. The largest absolute Gasteiger partial charge is 0.476 e. The highest BCUT2D eigenvalue weighted by Crippen LogP contribution is 2.33. The predicted molar refractivity (Wildman–Crippen MR) is 65.5 cm³/mol. The van der Waals surface area contributed by atoms with Crippen LogP contribution in [0.2, 0.25) is 0 Å². The highest BCUT2D eigenvalue weighted by molar-refractivity contribution is 5.98. The maximum Gasteiger partial charge on any atom is 0.356 e. The second kappa shape index (κ2) is 5.03. The quantitative estimate of drug-likeness (QED) is 0.757. The number of aromatic nitrogens is 1. The standard InChI is InChI=1S/C12H15N3O3/c1-2-7-6-9(7)15-12(18)14-8-4-3-5-13-10(8)11(16)17/h3-5,7,9H,2,6H2,1H3,(H,16,17)(H2,14,15,18). The first-order valence-corrected chi connectivity index (χ1v) is 5.87. The number of anilines is 1. The molecule has 0 spiro atoms. The molecule has 1 saturated carbocycles. The Kier molecular flexibility index (Phi) is 3.45. The molecule has 0 bridgehead atoms. The van der Waals surface area contributed by atoms with Crippen LogP contribution in [0.5, 0.6) is 0 Å². The lowest BCUT2D eigenvalue weighted by atomic mass is 10.3. The van der Waals surface area contributed by atoms with Crippen molar-refractivity contribution in [2.45, 2.75) is 25.8 Å². The van der Waals surface area contributed by atoms with Crippen molar-refractivity contribution < 1.29 is 14.7 Å². The van der Waals surface area contributed by atoms with Gasteiger partial charge in [0, 0.05) is 12.2 Å². The third-order valence-electron chi connectivity index (χ3n) is 3.02. The van der Waals surface area contributed by atoms with E-state index in [4.69, 9.17) is 5.11 Å². The number of aromatic carboxylic acids is 1. The Morgan fingerprint density at radius 2 is 2.33 bits per heavy atom. The van der Waals surface area contributed by atoms with Gasteiger partial charge in [0.15, 0.2) is 5.69 Å². The summed E-state index contributed by atoms with van der Waals surface area (Å²) in [6.07, 6.45) is 3.40. The first-order chi connectivity index (χ1) is 8.61. The van der Waals surface area contributed by atoms with E-state index in [1.807, 2.05) is 0 Å². The minimum Gasteiger partial charge on any atom is -0.476 e. The summed E-state index contributed by atoms with van der Waals surface area (Å²) in [5, 5.41) is 14.2. The molecule has 2 atom stereocenters. The van der Waals surface area contributed by atoms with E-state index in [2.05, 4.69) is 22.5 Å². The number of urea groups is 1. The number of rotatable bonds is 4. The second-order valence-electron chi connectivity index (χ2n) is 4.31. The molecule has 0 radical (unpaired) electrons. The average Bonchev–Trinajstić information content (AvgIpc) is 3.07. The number of nitrogens with one attached hydrogen (secondary N) is 2. The van der Waals surface area contributed by atoms with Crippen molar-refractivity contribution >= 4 is 17.7 Å². The monoisotopic (exact) mass is 249 g/mol. The molecule has 18 heavy (non-hydrogen) atoms. The van der Waals surface area contributed by atoms with E-state index in [1.165, 1.54) is 12.3 Å². The van der Waals surface area contributed by atoms with Gasteiger partial charge in [-0.1, -0.05) is 13.3 Å². The van der Waals surface area contributed by atoms with Crippen LogP contribution in [0.4, 0.5) is 10.5 Å². The van der Waals surface area contributed by atoms with Gasteiger partial charge in [0.1, 0.15) is 0 Å². The van der Waals surface area contributed by atoms with Crippen LogP contribution < -0.4 is 10.6 Å². The molecule has 1 aliphatic carbocycles. The van der Waals surface area contributed by atoms with Crippen molar-refractivity contribution in [3.8, 4) is 0 Å². The van der Waals surface area contributed by atoms with Crippen LogP contribution in [0.15, 0.2) is 18.3 Å². The number of amides is 2. The minimum atomic E-state index is -1.16. The first kappa shape index (κ1) is 12.3. The van der Waals surface area contributed by atoms with Crippen molar-refractivity contribution in [2.75, 3.05) is 5.32 Å². The van der Waals surface area contributed by atoms with Crippen LogP contribution in [0.1, 0.15) is 30.3 Å². The van der Waals surface area contributed by atoms with Crippen molar-refractivity contribution in [1.82, 2.24) is 10.3 Å². The minimum absolute atomic E-state index is 0.157. The Hall–Kier alpha value is -2.11. The molecule has 2 rings (SSSR count). The Labute approximate surface area is 104 Å². The summed E-state index contributed by atoms with van der Waals surface area (Å²) in [6.45, 7) is 2.08. The fourth-order valence-corrected chi connectivity index (χ4v) is 1.88. The van der Waals surface area contributed by atoms with Gasteiger partial charge >= 0.3 is 12.0 Å². The molecule has 1 fully saturated rings. The lowest BCUT2D eigenvalue weighted by Gasteiger charge is -2.08. The number of carbonyl (C=O) groups is 2. The lowest BCUT2D eigenvalue weighted by molar-refractivity contribution is 0.0692. The Balaban J connectivity index is 1.97. The number of carbonyl (C=O) groups excluding carboxylic acids is 1. The average molecular weight is 249 g/mol. The molecular formula is C12H15N3O3. The van der Waals surface area contributed by atoms with E-state index in [9.17, 15) is 9.59 Å². The maximum absolute atomic E-state index is 11.7. The molecule has 1 heterocycles. The van der Waals surface area contributed by atoms with Gasteiger partial charge in [-0.25, -0.2) is 14.6 Å². The van der Waals surface area contributed by atoms with E-state index in [-0.39, 0.29) is 23.5 Å². The molecule has 2 amide bonds. The number of hydrogen-bond donors (Lipinski definition) is 3. The zero-order valence-corrected chi connectivity index (χ0v) is 10.0. The summed E-state index contributed by atoms with van der Waals surface area (Å²) >= 11 is 0. The summed E-state index contributed by atoms with van der Waals surface area (Å²) < 4.78 is 0. The van der Waals surface area contributed by atoms with Gasteiger partial charge in [-0.3, -0.25) is 0 Å². The topological polar surface area (TPSA) is 91.3 Å². The number of nitrogens with zero attached hydrogens (tertiary/aromatic N) is 1. The van der Waals surface area contributed by atoms with Crippen LogP contribution in [0.25, 0.3) is 0 Å². The van der Waals surface area contributed by atoms with Crippen LogP contribution in [0.3, 0.4) is 0 Å². The van der Waals surface area contributed by atoms with Gasteiger partial charge in [0.25, 0.3) is 0 Å². The SMILES string of the molecule is CCC1CC1NC(=O)Nc1cccnc1C(=O)O. The predicted octanol–water partition coefficient (Wildman–Crippen LogP) is 1.70. The fraction of sp³-hybridized carbons (Fsp3) is 0.417. The van der Waals surface area contributed by atoms with Crippen molar-refractivity contribution in [1.29, 1.82) is 0 Å². The summed E-state index contributed by atoms with van der Waals surface area (Å²) in [7, 11) is 0. The Morgan fingerprint density at radius 1 is 1.56 bits per heavy atom. The van der Waals surface area contributed by atoms with E-state index in [0.29, 0.717) is 5.92 Å². The molecule has 0 aromatic carbocycles. The summed E-state index contributed by atoms with van der Waals surface area (Å²) in [5.41, 5.74) is 0.0479. The van der Waals surface area contributed by atoms with Gasteiger partial charge in [-0.05, 0) is 24.5 Å². The molecule has 2 unspecified atom stereocenters. The molecular weight excluding hydrogens is 234 g/mol. The van der Waals surface area contributed by atoms with Gasteiger partial charge in [-0.2, -0.15) is 0 Å². The van der Waals surface area contributed by atoms with Gasteiger partial charge in [-0.15, -0.1) is 0 Å². The molecule has 0 saturated heterocycles. The normalized spacial score (nSPS) is 21.2. The molecule has 1 aliphatic rings. The Morgan fingerprint density at radius 3 is 2.94 bits per heavy atom. The smallest absolute Gasteiger partial charge is 0.356 e. The van der Waals surface area contributed by atoms with Crippen LogP contribution in [-0.2, 0) is 0 Å². The first-order valence-electron chi connectivity index (χ1n) is 5.87. The summed E-state index contributed by atoms with van der Waals surface area (Å²) in [5.74, 6) is -0.618. The van der Waals surface area contributed by atoms with E-state index < -0.39 is 5.97 Å². The molecule has 96 valence electrons. The van der Waals surface area contributed by atoms with Crippen molar-refractivity contribution in [2.24, 2.45) is 5.92 Å². The second-order valence-corrected chi connectivity index (χ2v) is 4.31. The van der Waals surface area contributed by atoms with E-state index >= 15 is 0 Å². The van der Waals surface area contributed by atoms with Crippen LogP contribution in [-0.4, -0.2) is 28.1 Å². The van der Waals surface area contributed by atoms with Crippen LogP contribution >= 0.6 is 0 Å². The zero-order valence-electron chi connectivity index (χ0n) is 10.0. The number of carboxylic acids is 1. The third kappa shape index (κ3) is 2.77. The molecule has 3 N–H and O–H groups in total. The molecule has 1 aromatic rings. The molecule has 6 nitrogen and oxygen atoms in total. The van der Waals surface area contributed by atoms with E-state index in [0.717, 1.165) is 12.8 Å². The van der Waals surface area contributed by atoms with Gasteiger partial charge in [0.05, 0.1) is 5.69 Å². The van der Waals surface area contributed by atoms with E-state index in [1.54, 1.807) is 6.07 Å². The zero-order chi connectivity index (χ0) is 13.1. The number of carboxylic acid groups (broad SMARTS) is 1. The van der Waals surface area contributed by atoms with Crippen molar-refractivity contribution in [3.63, 3.8) is 0 Å². The number of pyridine rings is 1. The summed E-state index contributed by atoms with van der Waals surface area (Å²) in [6, 6.07) is 2.92. The third-order valence-corrected chi connectivity index (χ3v) is 3.02. The lowest BCUT2D eigenvalue weighted by Crippen LogP contribution is -2.32. The Bertz CT molecular complexity index is 475. The highest BCUT2D eigenvalue weighted by Gasteiger charge is 2.36. The summed E-state index contributed by atoms with van der Waals surface area (Å²) in [4.78, 5) is 26.3. The maximum atomic E-state index is 11.7. The van der Waals surface area contributed by atoms with Gasteiger partial charge in [0.2, 0.25) is 0 Å². The molecule has 1 aromatic heterocycles. The highest BCUT2D eigenvalue weighted by atomic mass is 16.4.